The van der Waals surface area contributed by atoms with E-state index in [1.54, 1.807) is 0 Å². The van der Waals surface area contributed by atoms with Gasteiger partial charge in [-0.2, -0.15) is 0 Å². The van der Waals surface area contributed by atoms with Gasteiger partial charge in [-0.15, -0.1) is 12.8 Å². The molecule has 3 aromatic rings. The number of terminal acetylenes is 2. The lowest BCUT2D eigenvalue weighted by atomic mass is 9.97. The van der Waals surface area contributed by atoms with Crippen LogP contribution in [0.15, 0.2) is 66.7 Å². The van der Waals surface area contributed by atoms with Crippen molar-refractivity contribution in [3.05, 3.63) is 77.9 Å². The minimum absolute atomic E-state index is 0.906. The Morgan fingerprint density at radius 2 is 1.08 bits per heavy atom. The van der Waals surface area contributed by atoms with E-state index in [0.717, 1.165) is 11.1 Å². The Bertz CT molecular complexity index is 961. The van der Waals surface area contributed by atoms with Crippen LogP contribution < -0.4 is 5.19 Å². The fourth-order valence-electron chi connectivity index (χ4n) is 3.39. The summed E-state index contributed by atoms with van der Waals surface area (Å²) in [5.74, 6) is 5.49. The molecule has 0 radical (unpaired) electrons. The molecule has 126 valence electrons. The Morgan fingerprint density at radius 1 is 0.654 bits per heavy atom. The van der Waals surface area contributed by atoms with Gasteiger partial charge in [0.1, 0.15) is 0 Å². The smallest absolute Gasteiger partial charge is 0.0792 e. The summed E-state index contributed by atoms with van der Waals surface area (Å²) in [4.78, 5) is 0. The van der Waals surface area contributed by atoms with Crippen molar-refractivity contribution in [2.45, 2.75) is 19.6 Å². The van der Waals surface area contributed by atoms with Crippen LogP contribution in [0.2, 0.25) is 19.6 Å². The Hall–Kier alpha value is -3.00. The molecule has 0 aromatic heterocycles. The maximum absolute atomic E-state index is 5.61. The molecule has 0 aliphatic rings. The maximum Gasteiger partial charge on any atom is 0.0792 e. The van der Waals surface area contributed by atoms with E-state index in [2.05, 4.69) is 73.9 Å². The van der Waals surface area contributed by atoms with E-state index in [1.165, 1.54) is 27.4 Å². The van der Waals surface area contributed by atoms with Gasteiger partial charge >= 0.3 is 0 Å². The molecule has 0 bridgehead atoms. The largest absolute Gasteiger partial charge is 0.115 e. The van der Waals surface area contributed by atoms with Gasteiger partial charge in [0.2, 0.25) is 0 Å². The van der Waals surface area contributed by atoms with Crippen LogP contribution in [0.3, 0.4) is 0 Å². The first-order valence-electron chi connectivity index (χ1n) is 8.71. The fourth-order valence-corrected chi connectivity index (χ4v) is 5.47. The Kier molecular flexibility index (Phi) is 4.85. The number of hydrogen-bond acceptors (Lipinski definition) is 0. The summed E-state index contributed by atoms with van der Waals surface area (Å²) < 4.78 is 0. The minimum Gasteiger partial charge on any atom is -0.115 e. The van der Waals surface area contributed by atoms with E-state index in [9.17, 15) is 0 Å². The van der Waals surface area contributed by atoms with Crippen molar-refractivity contribution in [1.82, 2.24) is 0 Å². The van der Waals surface area contributed by atoms with Crippen LogP contribution in [-0.2, 0) is 0 Å². The highest BCUT2D eigenvalue weighted by atomic mass is 28.3. The second-order valence-corrected chi connectivity index (χ2v) is 12.4. The summed E-state index contributed by atoms with van der Waals surface area (Å²) in [5.41, 5.74) is 6.70. The molecule has 0 aliphatic heterocycles. The molecule has 0 nitrogen and oxygen atoms in total. The lowest BCUT2D eigenvalue weighted by molar-refractivity contribution is 1.57. The molecule has 0 saturated heterocycles. The molecule has 0 unspecified atom stereocenters. The van der Waals surface area contributed by atoms with Crippen molar-refractivity contribution < 1.29 is 0 Å². The van der Waals surface area contributed by atoms with E-state index in [4.69, 9.17) is 12.8 Å². The molecule has 3 rings (SSSR count). The van der Waals surface area contributed by atoms with Crippen molar-refractivity contribution in [3.63, 3.8) is 0 Å². The van der Waals surface area contributed by atoms with Gasteiger partial charge in [-0.1, -0.05) is 73.9 Å². The fraction of sp³-hybridized carbons (Fsp3) is 0.120. The number of rotatable bonds is 3. The summed E-state index contributed by atoms with van der Waals surface area (Å²) in [6.45, 7) is 7.14. The molecule has 0 heterocycles. The van der Waals surface area contributed by atoms with Crippen LogP contribution in [0.25, 0.3) is 22.3 Å². The molecular formula is C25H22Si. The summed E-state index contributed by atoms with van der Waals surface area (Å²) in [6, 6.07) is 23.0. The van der Waals surface area contributed by atoms with Gasteiger partial charge < -0.3 is 0 Å². The molecule has 0 fully saturated rings. The van der Waals surface area contributed by atoms with Gasteiger partial charge in [0.15, 0.2) is 0 Å². The molecule has 0 N–H and O–H groups in total. The first kappa shape index (κ1) is 17.8. The summed E-state index contributed by atoms with van der Waals surface area (Å²) in [5, 5.41) is 1.43. The maximum atomic E-state index is 5.61. The highest BCUT2D eigenvalue weighted by Gasteiger charge is 2.25. The third kappa shape index (κ3) is 3.50. The van der Waals surface area contributed by atoms with E-state index in [1.807, 2.05) is 24.3 Å². The van der Waals surface area contributed by atoms with Crippen LogP contribution in [0.1, 0.15) is 11.1 Å². The lowest BCUT2D eigenvalue weighted by Crippen LogP contribution is -2.40. The Balaban J connectivity index is 2.31. The second kappa shape index (κ2) is 7.09. The van der Waals surface area contributed by atoms with E-state index in [0.29, 0.717) is 0 Å². The number of hydrogen-bond donors (Lipinski definition) is 0. The standard InChI is InChI=1S/C25H22Si/c1-6-19-11-8-13-21(17-19)23-15-10-16-24(25(23)26(3,4)5)22-14-9-12-20(7-2)18-22/h1-2,8-18H,3-5H3. The molecule has 1 heteroatoms. The lowest BCUT2D eigenvalue weighted by Gasteiger charge is -2.25. The normalized spacial score (nSPS) is 10.8. The zero-order valence-electron chi connectivity index (χ0n) is 15.5. The highest BCUT2D eigenvalue weighted by molar-refractivity contribution is 6.90. The van der Waals surface area contributed by atoms with Crippen molar-refractivity contribution in [2.24, 2.45) is 0 Å². The monoisotopic (exact) mass is 350 g/mol. The Labute approximate surface area is 157 Å². The topological polar surface area (TPSA) is 0 Å². The molecular weight excluding hydrogens is 328 g/mol. The first-order chi connectivity index (χ1) is 12.4. The molecule has 3 aromatic carbocycles. The summed E-state index contributed by atoms with van der Waals surface area (Å²) in [7, 11) is -1.65. The molecule has 0 spiro atoms. The third-order valence-corrected chi connectivity index (χ3v) is 6.53. The zero-order chi connectivity index (χ0) is 18.7. The van der Waals surface area contributed by atoms with Crippen molar-refractivity contribution in [1.29, 1.82) is 0 Å². The minimum atomic E-state index is -1.65. The first-order valence-corrected chi connectivity index (χ1v) is 12.2. The molecule has 0 saturated carbocycles. The van der Waals surface area contributed by atoms with Crippen molar-refractivity contribution in [2.75, 3.05) is 0 Å². The van der Waals surface area contributed by atoms with Gasteiger partial charge in [-0.25, -0.2) is 0 Å². The van der Waals surface area contributed by atoms with Gasteiger partial charge in [0.25, 0.3) is 0 Å². The van der Waals surface area contributed by atoms with Crippen molar-refractivity contribution >= 4 is 13.3 Å². The average molecular weight is 351 g/mol. The van der Waals surface area contributed by atoms with E-state index < -0.39 is 8.07 Å². The number of benzene rings is 3. The molecule has 0 amide bonds. The van der Waals surface area contributed by atoms with Crippen LogP contribution in [0.4, 0.5) is 0 Å². The Morgan fingerprint density at radius 3 is 1.46 bits per heavy atom. The van der Waals surface area contributed by atoms with Crippen LogP contribution in [-0.4, -0.2) is 8.07 Å². The van der Waals surface area contributed by atoms with Crippen LogP contribution in [0, 0.1) is 24.7 Å². The molecule has 0 atom stereocenters. The zero-order valence-corrected chi connectivity index (χ0v) is 16.5. The van der Waals surface area contributed by atoms with Crippen molar-refractivity contribution in [3.8, 4) is 46.9 Å². The van der Waals surface area contributed by atoms with Crippen LogP contribution >= 0.6 is 0 Å². The predicted octanol–water partition coefficient (Wildman–Crippen LogP) is 5.53. The molecule has 0 aliphatic carbocycles. The van der Waals surface area contributed by atoms with E-state index >= 15 is 0 Å². The summed E-state index contributed by atoms with van der Waals surface area (Å²) in [6.07, 6.45) is 11.2. The van der Waals surface area contributed by atoms with Gasteiger partial charge in [-0.05, 0) is 51.7 Å². The van der Waals surface area contributed by atoms with Crippen LogP contribution in [0.5, 0.6) is 0 Å². The van der Waals surface area contributed by atoms with Gasteiger partial charge in [0, 0.05) is 11.1 Å². The van der Waals surface area contributed by atoms with Gasteiger partial charge in [-0.3, -0.25) is 0 Å². The average Bonchev–Trinajstić information content (AvgIpc) is 2.66. The highest BCUT2D eigenvalue weighted by Crippen LogP contribution is 2.29. The SMILES string of the molecule is C#Cc1cccc(-c2cccc(-c3cccc(C#C)c3)c2[Si](C)(C)C)c1. The predicted molar refractivity (Wildman–Crippen MR) is 116 cm³/mol. The quantitative estimate of drug-likeness (QED) is 0.430. The third-order valence-electron chi connectivity index (χ3n) is 4.49. The summed E-state index contributed by atoms with van der Waals surface area (Å²) >= 11 is 0. The van der Waals surface area contributed by atoms with Gasteiger partial charge in [0.05, 0.1) is 8.07 Å². The van der Waals surface area contributed by atoms with E-state index in [-0.39, 0.29) is 0 Å². The second-order valence-electron chi connectivity index (χ2n) is 7.43. The molecule has 26 heavy (non-hydrogen) atoms.